The smallest absolute Gasteiger partial charge is 0.180 e. The van der Waals surface area contributed by atoms with Gasteiger partial charge in [0.2, 0.25) is 0 Å². The molecule has 2 N–H and O–H groups in total. The van der Waals surface area contributed by atoms with E-state index in [0.29, 0.717) is 10.5 Å². The van der Waals surface area contributed by atoms with E-state index in [2.05, 4.69) is 32.7 Å². The SMILES string of the molecule is Cc1sc(N)nc1CC(C)(C)C. The molecule has 1 heterocycles. The van der Waals surface area contributed by atoms with Crippen molar-refractivity contribution in [2.45, 2.75) is 34.1 Å². The fourth-order valence-electron chi connectivity index (χ4n) is 1.12. The number of thiazole rings is 1. The van der Waals surface area contributed by atoms with Crippen LogP contribution in [0.25, 0.3) is 0 Å². The first-order valence-electron chi connectivity index (χ1n) is 4.10. The molecule has 0 aliphatic carbocycles. The lowest BCUT2D eigenvalue weighted by molar-refractivity contribution is 0.406. The van der Waals surface area contributed by atoms with Crippen LogP contribution in [0.5, 0.6) is 0 Å². The molecule has 3 heteroatoms. The van der Waals surface area contributed by atoms with Crippen LogP contribution >= 0.6 is 11.3 Å². The zero-order valence-corrected chi connectivity index (χ0v) is 8.96. The molecular formula is C9H16N2S. The molecule has 0 spiro atoms. The predicted molar refractivity (Wildman–Crippen MR) is 54.4 cm³/mol. The maximum atomic E-state index is 5.61. The molecule has 0 fully saturated rings. The van der Waals surface area contributed by atoms with Gasteiger partial charge in [0.15, 0.2) is 5.13 Å². The molecule has 12 heavy (non-hydrogen) atoms. The zero-order valence-electron chi connectivity index (χ0n) is 8.14. The van der Waals surface area contributed by atoms with Crippen LogP contribution in [0.2, 0.25) is 0 Å². The van der Waals surface area contributed by atoms with Gasteiger partial charge in [-0.15, -0.1) is 11.3 Å². The van der Waals surface area contributed by atoms with Crippen molar-refractivity contribution < 1.29 is 0 Å². The largest absolute Gasteiger partial charge is 0.375 e. The van der Waals surface area contributed by atoms with Crippen LogP contribution in [0.4, 0.5) is 5.13 Å². The summed E-state index contributed by atoms with van der Waals surface area (Å²) in [5, 5.41) is 0.687. The first kappa shape index (κ1) is 9.52. The van der Waals surface area contributed by atoms with Crippen molar-refractivity contribution in [3.63, 3.8) is 0 Å². The summed E-state index contributed by atoms with van der Waals surface area (Å²) in [6.07, 6.45) is 1.01. The average Bonchev–Trinajstić information content (AvgIpc) is 2.06. The standard InChI is InChI=1S/C9H16N2S/c1-6-7(5-9(2,3)4)11-8(10)12-6/h5H2,1-4H3,(H2,10,11). The van der Waals surface area contributed by atoms with Gasteiger partial charge in [-0.1, -0.05) is 20.8 Å². The molecule has 1 aromatic rings. The number of hydrogen-bond donors (Lipinski definition) is 1. The average molecular weight is 184 g/mol. The maximum absolute atomic E-state index is 5.61. The maximum Gasteiger partial charge on any atom is 0.180 e. The third kappa shape index (κ3) is 2.48. The van der Waals surface area contributed by atoms with E-state index >= 15 is 0 Å². The lowest BCUT2D eigenvalue weighted by atomic mass is 9.90. The van der Waals surface area contributed by atoms with Crippen LogP contribution in [0.1, 0.15) is 31.3 Å². The Morgan fingerprint density at radius 3 is 2.33 bits per heavy atom. The molecule has 0 atom stereocenters. The fraction of sp³-hybridized carbons (Fsp3) is 0.667. The van der Waals surface area contributed by atoms with Gasteiger partial charge in [0, 0.05) is 4.88 Å². The van der Waals surface area contributed by atoms with Gasteiger partial charge in [-0.3, -0.25) is 0 Å². The van der Waals surface area contributed by atoms with Crippen molar-refractivity contribution in [3.05, 3.63) is 10.6 Å². The van der Waals surface area contributed by atoms with E-state index in [1.165, 1.54) is 4.88 Å². The molecule has 2 nitrogen and oxygen atoms in total. The van der Waals surface area contributed by atoms with Gasteiger partial charge in [-0.25, -0.2) is 4.98 Å². The lowest BCUT2D eigenvalue weighted by Crippen LogP contribution is -2.10. The number of aromatic nitrogens is 1. The Bertz CT molecular complexity index is 271. The molecule has 0 radical (unpaired) electrons. The summed E-state index contributed by atoms with van der Waals surface area (Å²) in [4.78, 5) is 5.54. The van der Waals surface area contributed by atoms with Gasteiger partial charge in [-0.2, -0.15) is 0 Å². The minimum atomic E-state index is 0.297. The molecule has 68 valence electrons. The van der Waals surface area contributed by atoms with Crippen molar-refractivity contribution in [2.75, 3.05) is 5.73 Å². The third-order valence-electron chi connectivity index (χ3n) is 1.61. The van der Waals surface area contributed by atoms with Crippen LogP contribution in [0, 0.1) is 12.3 Å². The molecule has 0 amide bonds. The summed E-state index contributed by atoms with van der Waals surface area (Å²) >= 11 is 1.58. The fourth-order valence-corrected chi connectivity index (χ4v) is 1.82. The highest BCUT2D eigenvalue weighted by atomic mass is 32.1. The zero-order chi connectivity index (χ0) is 9.35. The van der Waals surface area contributed by atoms with E-state index < -0.39 is 0 Å². The highest BCUT2D eigenvalue weighted by Crippen LogP contribution is 2.26. The Morgan fingerprint density at radius 1 is 1.42 bits per heavy atom. The van der Waals surface area contributed by atoms with E-state index in [4.69, 9.17) is 5.73 Å². The van der Waals surface area contributed by atoms with Crippen LogP contribution in [0.3, 0.4) is 0 Å². The number of nitrogens with two attached hydrogens (primary N) is 1. The summed E-state index contributed by atoms with van der Waals surface area (Å²) in [5.41, 5.74) is 7.06. The molecule has 1 rings (SSSR count). The van der Waals surface area contributed by atoms with Gasteiger partial charge in [-0.05, 0) is 18.8 Å². The van der Waals surface area contributed by atoms with Gasteiger partial charge >= 0.3 is 0 Å². The number of aryl methyl sites for hydroxylation is 1. The first-order valence-corrected chi connectivity index (χ1v) is 4.92. The van der Waals surface area contributed by atoms with Crippen molar-refractivity contribution in [2.24, 2.45) is 5.41 Å². The monoisotopic (exact) mass is 184 g/mol. The quantitative estimate of drug-likeness (QED) is 0.728. The van der Waals surface area contributed by atoms with Crippen molar-refractivity contribution in [3.8, 4) is 0 Å². The summed E-state index contributed by atoms with van der Waals surface area (Å²) in [7, 11) is 0. The van der Waals surface area contributed by atoms with Crippen molar-refractivity contribution >= 4 is 16.5 Å². The van der Waals surface area contributed by atoms with E-state index in [1.54, 1.807) is 11.3 Å². The van der Waals surface area contributed by atoms with Gasteiger partial charge in [0.1, 0.15) is 0 Å². The molecular weight excluding hydrogens is 168 g/mol. The first-order chi connectivity index (χ1) is 5.38. The Hall–Kier alpha value is -0.570. The Kier molecular flexibility index (Phi) is 2.42. The number of nitrogens with zero attached hydrogens (tertiary/aromatic N) is 1. The second-order valence-electron chi connectivity index (χ2n) is 4.29. The molecule has 1 aromatic heterocycles. The third-order valence-corrected chi connectivity index (χ3v) is 2.45. The van der Waals surface area contributed by atoms with Gasteiger partial charge in [0.25, 0.3) is 0 Å². The van der Waals surface area contributed by atoms with Crippen molar-refractivity contribution in [1.29, 1.82) is 0 Å². The summed E-state index contributed by atoms with van der Waals surface area (Å²) in [6, 6.07) is 0. The number of nitrogen functional groups attached to an aromatic ring is 1. The minimum Gasteiger partial charge on any atom is -0.375 e. The molecule has 0 saturated heterocycles. The van der Waals surface area contributed by atoms with Crippen LogP contribution < -0.4 is 5.73 Å². The second kappa shape index (κ2) is 3.05. The molecule has 0 unspecified atom stereocenters. The number of hydrogen-bond acceptors (Lipinski definition) is 3. The summed E-state index contributed by atoms with van der Waals surface area (Å²) in [6.45, 7) is 8.71. The Morgan fingerprint density at radius 2 is 2.00 bits per heavy atom. The molecule has 0 bridgehead atoms. The molecule has 0 aromatic carbocycles. The van der Waals surface area contributed by atoms with Crippen LogP contribution in [-0.4, -0.2) is 4.98 Å². The van der Waals surface area contributed by atoms with Crippen LogP contribution in [0.15, 0.2) is 0 Å². The lowest BCUT2D eigenvalue weighted by Gasteiger charge is -2.16. The van der Waals surface area contributed by atoms with E-state index in [0.717, 1.165) is 12.1 Å². The predicted octanol–water partition coefficient (Wildman–Crippen LogP) is 2.62. The Labute approximate surface area is 77.8 Å². The van der Waals surface area contributed by atoms with E-state index in [9.17, 15) is 0 Å². The molecule has 0 saturated carbocycles. The topological polar surface area (TPSA) is 38.9 Å². The minimum absolute atomic E-state index is 0.297. The number of rotatable bonds is 1. The van der Waals surface area contributed by atoms with E-state index in [-0.39, 0.29) is 0 Å². The van der Waals surface area contributed by atoms with Gasteiger partial charge < -0.3 is 5.73 Å². The normalized spacial score (nSPS) is 12.0. The highest BCUT2D eigenvalue weighted by molar-refractivity contribution is 7.15. The highest BCUT2D eigenvalue weighted by Gasteiger charge is 2.15. The van der Waals surface area contributed by atoms with Gasteiger partial charge in [0.05, 0.1) is 5.69 Å². The van der Waals surface area contributed by atoms with Crippen LogP contribution in [-0.2, 0) is 6.42 Å². The Balaban J connectivity index is 2.82. The second-order valence-corrected chi connectivity index (χ2v) is 5.53. The van der Waals surface area contributed by atoms with Crippen molar-refractivity contribution in [1.82, 2.24) is 4.98 Å². The summed E-state index contributed by atoms with van der Waals surface area (Å²) in [5.74, 6) is 0. The molecule has 0 aliphatic rings. The van der Waals surface area contributed by atoms with E-state index in [1.807, 2.05) is 0 Å². The molecule has 0 aliphatic heterocycles. The number of anilines is 1. The summed E-state index contributed by atoms with van der Waals surface area (Å²) < 4.78 is 0.